The molecule has 0 saturated heterocycles. The molecule has 16 rings (SSSR count). The van der Waals surface area contributed by atoms with E-state index in [0.717, 1.165) is 91.7 Å². The fraction of sp³-hybridized carbons (Fsp3) is 0.0550. The van der Waals surface area contributed by atoms with Gasteiger partial charge in [0.25, 0.3) is 6.47 Å². The van der Waals surface area contributed by atoms with E-state index >= 15 is 0 Å². The van der Waals surface area contributed by atoms with Crippen LogP contribution in [-0.2, 0) is 39.2 Å². The van der Waals surface area contributed by atoms with E-state index in [1.54, 1.807) is 146 Å². The van der Waals surface area contributed by atoms with Crippen molar-refractivity contribution >= 4 is 75.1 Å². The molecule has 0 aliphatic carbocycles. The van der Waals surface area contributed by atoms with Crippen LogP contribution in [0.15, 0.2) is 456 Å². The Morgan fingerprint density at radius 2 is 0.435 bits per heavy atom. The van der Waals surface area contributed by atoms with Gasteiger partial charge in [-0.3, -0.25) is 4.79 Å². The number of allylic oxidation sites excluding steroid dienone is 1. The van der Waals surface area contributed by atoms with Gasteiger partial charge in [-0.1, -0.05) is 203 Å². The average molecular weight is 2110 g/mol. The van der Waals surface area contributed by atoms with Crippen LogP contribution in [0.5, 0.6) is 80.5 Å². The van der Waals surface area contributed by atoms with E-state index in [1.807, 2.05) is 188 Å². The molecule has 682 valence electrons. The summed E-state index contributed by atoms with van der Waals surface area (Å²) in [6.45, 7) is 12.0. The Labute approximate surface area is 994 Å². The Hall–Kier alpha value is -8.37. The van der Waals surface area contributed by atoms with Crippen molar-refractivity contribution in [3.8, 4) is 136 Å². The van der Waals surface area contributed by atoms with Gasteiger partial charge in [-0.25, -0.2) is 25.3 Å². The number of rotatable bonds is 30. The van der Waals surface area contributed by atoms with E-state index in [9.17, 15) is 35.5 Å². The third kappa shape index (κ3) is 36.5. The summed E-state index contributed by atoms with van der Waals surface area (Å²) in [5, 5.41) is 51.4. The van der Waals surface area contributed by atoms with E-state index in [0.29, 0.717) is 69.3 Å². The fourth-order valence-electron chi connectivity index (χ4n) is 12.5. The SMILES string of the molecule is C=CCCBr.C=CCCOc1ccc(-c2ccc(Oc3ccc(S(=O)(=O)c4ccc(Oc5ccc(-c6ccc(OCCC=C)cc6)cc5)cc4)cc3)cc2)cc1.O=CO[O-].O=S(=O)(c1ccc(Cl)cc1)c1ccc(Cl)cc1.O=S(=O)(c1ccc(Oc2ccc(-c3ccc([O-])cc3)cc2)cc1)c1ccc(Oc2ccc(-c3ccc([O-])cc3)cc2)cc1.Oc1ccc(-c2ccc(O)cc2)cc1.[H-].[K+].[K+].[K+].[K+]. The van der Waals surface area contributed by atoms with Gasteiger partial charge in [0, 0.05) is 15.4 Å². The van der Waals surface area contributed by atoms with Crippen molar-refractivity contribution < 1.29 is 296 Å². The predicted molar refractivity (Wildman–Crippen MR) is 524 cm³/mol. The van der Waals surface area contributed by atoms with E-state index in [2.05, 4.69) is 40.6 Å². The second-order valence-corrected chi connectivity index (χ2v) is 36.3. The molecule has 138 heavy (non-hydrogen) atoms. The molecule has 0 unspecified atom stereocenters. The molecular weight excluding hydrogens is 2020 g/mol. The molecule has 29 heteroatoms. The third-order valence-electron chi connectivity index (χ3n) is 19.5. The monoisotopic (exact) mass is 2100 g/mol. The average Bonchev–Trinajstić information content (AvgIpc) is 0.814. The Balaban J connectivity index is 0.000000300. The summed E-state index contributed by atoms with van der Waals surface area (Å²) in [4.78, 5) is 12.3. The van der Waals surface area contributed by atoms with Crippen molar-refractivity contribution in [2.45, 2.75) is 48.6 Å². The third-order valence-corrected chi connectivity index (χ3v) is 25.8. The number of halogens is 3. The Bertz CT molecular complexity index is 6430. The summed E-state index contributed by atoms with van der Waals surface area (Å²) >= 11 is 14.7. The molecule has 16 aromatic carbocycles. The standard InChI is InChI=1S/C44H38O6S.C36H26O6S.C12H8Cl2O2S.C12H10O2.C4H7Br.CH2O3.4K.H/c1-3-5-31-47-37-15-7-33(8-16-37)35-11-19-39(20-12-35)49-41-23-27-43(28-24-41)51(45,46)44-29-25-42(26-30-44)50-40-21-13-36(14-22-40)34-9-17-38(18-10-34)48-32-6-4-2;37-29-9-1-25(2-10-29)27-5-13-31(14-6-27)41-33-17-21-35(22-18-33)43(39,40)36-23-19-34(20-24-36)42-32-15-7-28(8-16-32)26-3-11-30(38)12-4-26;13-9-1-5-11(6-2-9)17(15,16)12-7-3-10(14)4-8-12;13-11-5-1-9(2-6-11)10-3-7-12(14)8-4-10;1-2-3-4-5;2-1-4-3;;;;;/h3-4,7-30H,1-2,5-6,31-32H2;1-24,37-38H;1-8H;1-8,13-14H;2H,1,3-4H2;1,3H;;;;;/q;;;;;;4*+1;-1/p-3. The van der Waals surface area contributed by atoms with Gasteiger partial charge in [0.1, 0.15) is 69.0 Å². The number of carbonyl (C=O) groups is 1. The summed E-state index contributed by atoms with van der Waals surface area (Å²) in [6.07, 6.45) is 8.22. The maximum atomic E-state index is 13.4. The van der Waals surface area contributed by atoms with Crippen LogP contribution in [0.25, 0.3) is 55.6 Å². The Morgan fingerprint density at radius 1 is 0.275 bits per heavy atom. The second-order valence-electron chi connectivity index (χ2n) is 28.8. The maximum Gasteiger partial charge on any atom is 1.00 e. The largest absolute Gasteiger partial charge is 1.00 e. The molecule has 0 fully saturated rings. The summed E-state index contributed by atoms with van der Waals surface area (Å²) in [7, 11) is -11.0. The zero-order chi connectivity index (χ0) is 95.3. The molecule has 0 radical (unpaired) electrons. The van der Waals surface area contributed by atoms with Crippen molar-refractivity contribution in [1.29, 1.82) is 0 Å². The molecule has 0 aromatic heterocycles. The van der Waals surface area contributed by atoms with E-state index < -0.39 is 29.5 Å². The number of benzene rings is 16. The van der Waals surface area contributed by atoms with Crippen molar-refractivity contribution in [2.24, 2.45) is 0 Å². The number of hydrogen-bond donors (Lipinski definition) is 2. The first kappa shape index (κ1) is 117. The molecule has 0 saturated carbocycles. The second kappa shape index (κ2) is 60.2. The smallest absolute Gasteiger partial charge is 1.00 e. The van der Waals surface area contributed by atoms with Crippen molar-refractivity contribution in [2.75, 3.05) is 18.5 Å². The molecule has 16 aromatic rings. The molecule has 0 aliphatic heterocycles. The van der Waals surface area contributed by atoms with Crippen LogP contribution in [0.3, 0.4) is 0 Å². The van der Waals surface area contributed by atoms with Gasteiger partial charge in [-0.15, -0.1) is 31.2 Å². The van der Waals surface area contributed by atoms with Gasteiger partial charge < -0.3 is 60.4 Å². The fourth-order valence-corrected chi connectivity index (χ4v) is 16.8. The molecule has 19 nitrogen and oxygen atoms in total. The van der Waals surface area contributed by atoms with Crippen molar-refractivity contribution in [1.82, 2.24) is 0 Å². The Kier molecular flexibility index (Phi) is 50.8. The van der Waals surface area contributed by atoms with Crippen LogP contribution < -0.4 is 249 Å². The molecule has 0 amide bonds. The number of ether oxygens (including phenoxy) is 6. The number of carbonyl (C=O) groups excluding carboxylic acids is 1. The van der Waals surface area contributed by atoms with Crippen LogP contribution in [0.2, 0.25) is 10.0 Å². The molecule has 0 aliphatic rings. The van der Waals surface area contributed by atoms with E-state index in [4.69, 9.17) is 71.9 Å². The first-order valence-corrected chi connectivity index (χ1v) is 47.7. The Morgan fingerprint density at radius 3 is 0.601 bits per heavy atom. The first-order chi connectivity index (χ1) is 64.8. The predicted octanol–water partition coefficient (Wildman–Crippen LogP) is 14.0. The van der Waals surface area contributed by atoms with Gasteiger partial charge in [0.2, 0.25) is 29.5 Å². The number of phenols is 2. The number of sulfone groups is 3. The van der Waals surface area contributed by atoms with E-state index in [-0.39, 0.29) is 266 Å². The quantitative estimate of drug-likeness (QED) is 0.00804. The minimum Gasteiger partial charge on any atom is -1.00 e. The number of hydrogen-bond acceptors (Lipinski definition) is 19. The van der Waals surface area contributed by atoms with E-state index in [1.165, 1.54) is 72.8 Å². The first-order valence-electron chi connectivity index (χ1n) is 41.3. The molecule has 0 spiro atoms. The van der Waals surface area contributed by atoms with Gasteiger partial charge in [0.05, 0.1) is 42.6 Å². The summed E-state index contributed by atoms with van der Waals surface area (Å²) in [6, 6.07) is 111. The van der Waals surface area contributed by atoms with Crippen molar-refractivity contribution in [3.63, 3.8) is 0 Å². The summed E-state index contributed by atoms with van der Waals surface area (Å²) in [5.74, 6) is 6.62. The van der Waals surface area contributed by atoms with Crippen LogP contribution in [0, 0.1) is 0 Å². The number of aromatic hydroxyl groups is 2. The summed E-state index contributed by atoms with van der Waals surface area (Å²) in [5.41, 5.74) is 10.00. The van der Waals surface area contributed by atoms with Crippen LogP contribution in [0.4, 0.5) is 0 Å². The van der Waals surface area contributed by atoms with Crippen LogP contribution in [-0.4, -0.2) is 60.5 Å². The maximum absolute atomic E-state index is 13.4. The minimum atomic E-state index is -3.75. The van der Waals surface area contributed by atoms with Gasteiger partial charge in [0.15, 0.2) is 0 Å². The molecule has 2 N–H and O–H groups in total. The van der Waals surface area contributed by atoms with Gasteiger partial charge in [-0.2, -0.15) is 0 Å². The normalized spacial score (nSPS) is 10.4. The van der Waals surface area contributed by atoms with Gasteiger partial charge >= 0.3 is 206 Å². The zero-order valence-electron chi connectivity index (χ0n) is 76.8. The molecule has 0 heterocycles. The number of phenolic OH excluding ortho intramolecular Hbond substituents is 2. The molecule has 0 bridgehead atoms. The summed E-state index contributed by atoms with van der Waals surface area (Å²) < 4.78 is 113. The van der Waals surface area contributed by atoms with Crippen LogP contribution in [0.1, 0.15) is 20.7 Å². The van der Waals surface area contributed by atoms with Gasteiger partial charge in [-0.05, 0) is 318 Å². The molecule has 0 atom stereocenters. The topological polar surface area (TPSA) is 294 Å². The number of alkyl halides is 1. The van der Waals surface area contributed by atoms with Crippen LogP contribution >= 0.6 is 39.1 Å². The zero-order valence-corrected chi connectivity index (χ0v) is 93.9. The molecular formula is C109H89BrCl2K4O19S3. The van der Waals surface area contributed by atoms with Crippen molar-refractivity contribution in [3.05, 3.63) is 436 Å². The minimum absolute atomic E-state index is 0.